The van der Waals surface area contributed by atoms with Gasteiger partial charge in [0.25, 0.3) is 5.95 Å². The van der Waals surface area contributed by atoms with Crippen LogP contribution in [0.5, 0.6) is 0 Å². The highest BCUT2D eigenvalue weighted by Crippen LogP contribution is 2.07. The lowest BCUT2D eigenvalue weighted by Crippen LogP contribution is -1.88. The Balaban J connectivity index is 3.47. The Hall–Kier alpha value is -0.920. The van der Waals surface area contributed by atoms with Crippen molar-refractivity contribution in [3.05, 3.63) is 24.7 Å². The van der Waals surface area contributed by atoms with Gasteiger partial charge < -0.3 is 9.84 Å². The molecule has 11 heavy (non-hydrogen) atoms. The molecule has 0 aliphatic carbocycles. The number of methoxy groups -OCH3 is 1. The first-order chi connectivity index (χ1) is 5.20. The van der Waals surface area contributed by atoms with Crippen LogP contribution in [0, 0.1) is 5.92 Å². The van der Waals surface area contributed by atoms with Crippen LogP contribution in [0.3, 0.4) is 0 Å². The number of ether oxygens (including phenoxy) is 1. The van der Waals surface area contributed by atoms with Crippen molar-refractivity contribution in [3.8, 4) is 0 Å². The minimum absolute atomic E-state index is 0.00117. The molecule has 2 nitrogen and oxygen atoms in total. The number of rotatable bonds is 5. The standard InChI is InChI=1S/C9H16O2/c1-4-8(2)6-5-7-9(10)11-3/h4,7-8,10H,1,5-6H2,2-3H3/b9-7-. The van der Waals surface area contributed by atoms with Crippen LogP contribution in [0.1, 0.15) is 19.8 Å². The molecule has 0 amide bonds. The zero-order valence-corrected chi connectivity index (χ0v) is 7.21. The van der Waals surface area contributed by atoms with Crippen LogP contribution in [0.2, 0.25) is 0 Å². The monoisotopic (exact) mass is 156 g/mol. The third kappa shape index (κ3) is 5.52. The van der Waals surface area contributed by atoms with Crippen LogP contribution in [0.4, 0.5) is 0 Å². The fraction of sp³-hybridized carbons (Fsp3) is 0.556. The molecule has 1 unspecified atom stereocenters. The van der Waals surface area contributed by atoms with Gasteiger partial charge in [-0.2, -0.15) is 0 Å². The maximum atomic E-state index is 8.86. The molecule has 0 aromatic carbocycles. The highest BCUT2D eigenvalue weighted by Gasteiger charge is 1.94. The third-order valence-electron chi connectivity index (χ3n) is 1.55. The van der Waals surface area contributed by atoms with Crippen LogP contribution in [-0.4, -0.2) is 12.2 Å². The molecule has 0 aliphatic heterocycles. The summed E-state index contributed by atoms with van der Waals surface area (Å²) in [6.45, 7) is 5.75. The molecule has 64 valence electrons. The van der Waals surface area contributed by atoms with E-state index in [4.69, 9.17) is 5.11 Å². The van der Waals surface area contributed by atoms with Gasteiger partial charge in [0.1, 0.15) is 0 Å². The second-order valence-corrected chi connectivity index (χ2v) is 2.54. The number of hydrogen-bond donors (Lipinski definition) is 1. The first kappa shape index (κ1) is 10.1. The SMILES string of the molecule is C=CC(C)CC/C=C(/O)OC. The second-order valence-electron chi connectivity index (χ2n) is 2.54. The van der Waals surface area contributed by atoms with Crippen molar-refractivity contribution < 1.29 is 9.84 Å². The van der Waals surface area contributed by atoms with Crippen molar-refractivity contribution in [2.45, 2.75) is 19.8 Å². The van der Waals surface area contributed by atoms with E-state index >= 15 is 0 Å². The Morgan fingerprint density at radius 3 is 2.82 bits per heavy atom. The fourth-order valence-corrected chi connectivity index (χ4v) is 0.671. The summed E-state index contributed by atoms with van der Waals surface area (Å²) < 4.78 is 4.56. The topological polar surface area (TPSA) is 29.5 Å². The van der Waals surface area contributed by atoms with E-state index in [9.17, 15) is 0 Å². The maximum absolute atomic E-state index is 8.86. The quantitative estimate of drug-likeness (QED) is 0.489. The summed E-state index contributed by atoms with van der Waals surface area (Å²) in [7, 11) is 1.45. The summed E-state index contributed by atoms with van der Waals surface area (Å²) >= 11 is 0. The molecule has 0 radical (unpaired) electrons. The van der Waals surface area contributed by atoms with Crippen molar-refractivity contribution in [2.75, 3.05) is 7.11 Å². The van der Waals surface area contributed by atoms with Crippen molar-refractivity contribution >= 4 is 0 Å². The van der Waals surface area contributed by atoms with Crippen LogP contribution >= 0.6 is 0 Å². The first-order valence-electron chi connectivity index (χ1n) is 3.76. The van der Waals surface area contributed by atoms with Gasteiger partial charge in [0.2, 0.25) is 0 Å². The van der Waals surface area contributed by atoms with Crippen LogP contribution in [0.25, 0.3) is 0 Å². The molecule has 0 aliphatic rings. The Kier molecular flexibility index (Phi) is 5.35. The minimum atomic E-state index is 0.00117. The lowest BCUT2D eigenvalue weighted by Gasteiger charge is -2.01. The van der Waals surface area contributed by atoms with Gasteiger partial charge in [-0.1, -0.05) is 13.0 Å². The smallest absolute Gasteiger partial charge is 0.272 e. The maximum Gasteiger partial charge on any atom is 0.272 e. The number of aliphatic hydroxyl groups excluding tert-OH is 1. The van der Waals surface area contributed by atoms with Gasteiger partial charge >= 0.3 is 0 Å². The van der Waals surface area contributed by atoms with Crippen molar-refractivity contribution in [1.29, 1.82) is 0 Å². The van der Waals surface area contributed by atoms with Crippen molar-refractivity contribution in [3.63, 3.8) is 0 Å². The van der Waals surface area contributed by atoms with Gasteiger partial charge in [0.15, 0.2) is 0 Å². The molecule has 0 saturated carbocycles. The summed E-state index contributed by atoms with van der Waals surface area (Å²) in [5.41, 5.74) is 0. The second kappa shape index (κ2) is 5.83. The first-order valence-corrected chi connectivity index (χ1v) is 3.76. The zero-order chi connectivity index (χ0) is 8.69. The van der Waals surface area contributed by atoms with Crippen LogP contribution < -0.4 is 0 Å². The van der Waals surface area contributed by atoms with E-state index in [-0.39, 0.29) is 5.95 Å². The fourth-order valence-electron chi connectivity index (χ4n) is 0.671. The Morgan fingerprint density at radius 2 is 2.36 bits per heavy atom. The molecule has 0 heterocycles. The lowest BCUT2D eigenvalue weighted by atomic mass is 10.1. The molecule has 0 fully saturated rings. The Labute approximate surface area is 68.2 Å². The van der Waals surface area contributed by atoms with E-state index in [1.54, 1.807) is 6.08 Å². The summed E-state index contributed by atoms with van der Waals surface area (Å²) in [6.07, 6.45) is 5.39. The van der Waals surface area contributed by atoms with Gasteiger partial charge in [0, 0.05) is 0 Å². The third-order valence-corrected chi connectivity index (χ3v) is 1.55. The molecule has 0 aromatic rings. The van der Waals surface area contributed by atoms with Crippen LogP contribution in [-0.2, 0) is 4.74 Å². The van der Waals surface area contributed by atoms with Gasteiger partial charge in [-0.3, -0.25) is 0 Å². The van der Waals surface area contributed by atoms with Crippen LogP contribution in [0.15, 0.2) is 24.7 Å². The van der Waals surface area contributed by atoms with Gasteiger partial charge in [-0.25, -0.2) is 0 Å². The highest BCUT2D eigenvalue weighted by atomic mass is 16.6. The van der Waals surface area contributed by atoms with E-state index < -0.39 is 0 Å². The molecule has 0 rings (SSSR count). The lowest BCUT2D eigenvalue weighted by molar-refractivity contribution is 0.134. The normalized spacial score (nSPS) is 14.2. The molecule has 2 heteroatoms. The average Bonchev–Trinajstić information content (AvgIpc) is 2.04. The largest absolute Gasteiger partial charge is 0.481 e. The molecule has 0 aromatic heterocycles. The average molecular weight is 156 g/mol. The molecule has 1 N–H and O–H groups in total. The van der Waals surface area contributed by atoms with E-state index in [2.05, 4.69) is 18.2 Å². The Bertz CT molecular complexity index is 138. The van der Waals surface area contributed by atoms with E-state index in [0.29, 0.717) is 5.92 Å². The predicted molar refractivity (Wildman–Crippen MR) is 46.3 cm³/mol. The Morgan fingerprint density at radius 1 is 1.73 bits per heavy atom. The summed E-state index contributed by atoms with van der Waals surface area (Å²) in [6, 6.07) is 0. The summed E-state index contributed by atoms with van der Waals surface area (Å²) in [4.78, 5) is 0. The molecule has 1 atom stereocenters. The van der Waals surface area contributed by atoms with Gasteiger partial charge in [-0.05, 0) is 24.8 Å². The van der Waals surface area contributed by atoms with Crippen molar-refractivity contribution in [2.24, 2.45) is 5.92 Å². The molecular weight excluding hydrogens is 140 g/mol. The highest BCUT2D eigenvalue weighted by molar-refractivity contribution is 4.84. The predicted octanol–water partition coefficient (Wildman–Crippen LogP) is 2.63. The number of aliphatic hydroxyl groups is 1. The zero-order valence-electron chi connectivity index (χ0n) is 7.21. The molecule has 0 bridgehead atoms. The van der Waals surface area contributed by atoms with Gasteiger partial charge in [-0.15, -0.1) is 6.58 Å². The molecule has 0 spiro atoms. The molecular formula is C9H16O2. The van der Waals surface area contributed by atoms with E-state index in [0.717, 1.165) is 12.8 Å². The molecule has 0 saturated heterocycles. The minimum Gasteiger partial charge on any atom is -0.481 e. The van der Waals surface area contributed by atoms with E-state index in [1.807, 2.05) is 6.08 Å². The number of allylic oxidation sites excluding steroid dienone is 2. The number of hydrogen-bond acceptors (Lipinski definition) is 2. The summed E-state index contributed by atoms with van der Waals surface area (Å²) in [5.74, 6) is 0.497. The summed E-state index contributed by atoms with van der Waals surface area (Å²) in [5, 5.41) is 8.86. The van der Waals surface area contributed by atoms with Gasteiger partial charge in [0.05, 0.1) is 7.11 Å². The van der Waals surface area contributed by atoms with Crippen molar-refractivity contribution in [1.82, 2.24) is 0 Å². The van der Waals surface area contributed by atoms with E-state index in [1.165, 1.54) is 7.11 Å².